The molecule has 3 heterocycles. The van der Waals surface area contributed by atoms with E-state index >= 15 is 0 Å². The fourth-order valence-corrected chi connectivity index (χ4v) is 2.50. The molecule has 1 saturated heterocycles. The highest BCUT2D eigenvalue weighted by Crippen LogP contribution is 2.09. The summed E-state index contributed by atoms with van der Waals surface area (Å²) in [7, 11) is 1.55. The van der Waals surface area contributed by atoms with Crippen molar-refractivity contribution in [1.29, 1.82) is 0 Å². The second kappa shape index (κ2) is 7.38. The number of carbonyl (C=O) groups excluding carboxylic acids is 1. The standard InChI is InChI=1S/C15H21N5O3/c1-22-14-4-3-13-17-12(11-20(13)18-14)15(21)16-5-2-6-19-7-9-23-10-8-19/h3-4,11H,2,5-10H2,1H3,(H,16,21). The number of ether oxygens (including phenoxy) is 2. The van der Waals surface area contributed by atoms with Gasteiger partial charge in [-0.1, -0.05) is 0 Å². The zero-order chi connectivity index (χ0) is 16.1. The van der Waals surface area contributed by atoms with Gasteiger partial charge in [-0.25, -0.2) is 9.50 Å². The van der Waals surface area contributed by atoms with Gasteiger partial charge in [-0.3, -0.25) is 9.69 Å². The van der Waals surface area contributed by atoms with E-state index in [1.807, 2.05) is 0 Å². The number of hydrogen-bond donors (Lipinski definition) is 1. The molecule has 8 heteroatoms. The first-order valence-electron chi connectivity index (χ1n) is 7.75. The molecule has 8 nitrogen and oxygen atoms in total. The van der Waals surface area contributed by atoms with Crippen LogP contribution in [0.25, 0.3) is 5.65 Å². The highest BCUT2D eigenvalue weighted by Gasteiger charge is 2.12. The minimum Gasteiger partial charge on any atom is -0.480 e. The fourth-order valence-electron chi connectivity index (χ4n) is 2.50. The van der Waals surface area contributed by atoms with Crippen molar-refractivity contribution in [3.63, 3.8) is 0 Å². The minimum atomic E-state index is -0.184. The topological polar surface area (TPSA) is 81.0 Å². The van der Waals surface area contributed by atoms with Crippen LogP contribution in [0.4, 0.5) is 0 Å². The molecule has 0 radical (unpaired) electrons. The molecule has 2 aromatic rings. The van der Waals surface area contributed by atoms with Gasteiger partial charge in [0, 0.05) is 25.7 Å². The summed E-state index contributed by atoms with van der Waals surface area (Å²) in [5.74, 6) is 0.295. The molecule has 1 aliphatic rings. The smallest absolute Gasteiger partial charge is 0.271 e. The van der Waals surface area contributed by atoms with Crippen LogP contribution in [0, 0.1) is 0 Å². The summed E-state index contributed by atoms with van der Waals surface area (Å²) in [6, 6.07) is 3.48. The predicted molar refractivity (Wildman–Crippen MR) is 83.7 cm³/mol. The lowest BCUT2D eigenvalue weighted by Crippen LogP contribution is -2.38. The Morgan fingerprint density at radius 3 is 3.00 bits per heavy atom. The Hall–Kier alpha value is -2.19. The number of nitrogens with one attached hydrogen (secondary N) is 1. The van der Waals surface area contributed by atoms with Crippen molar-refractivity contribution >= 4 is 11.6 Å². The van der Waals surface area contributed by atoms with Crippen LogP contribution in [-0.2, 0) is 4.74 Å². The van der Waals surface area contributed by atoms with E-state index in [1.165, 1.54) is 0 Å². The molecule has 0 aromatic carbocycles. The number of carbonyl (C=O) groups is 1. The quantitative estimate of drug-likeness (QED) is 0.766. The summed E-state index contributed by atoms with van der Waals surface area (Å²) < 4.78 is 11.9. The van der Waals surface area contributed by atoms with Crippen LogP contribution in [0.5, 0.6) is 5.88 Å². The van der Waals surface area contributed by atoms with Gasteiger partial charge in [0.05, 0.1) is 26.5 Å². The first-order valence-corrected chi connectivity index (χ1v) is 7.75. The van der Waals surface area contributed by atoms with Crippen molar-refractivity contribution in [3.8, 4) is 5.88 Å². The number of methoxy groups -OCH3 is 1. The van der Waals surface area contributed by atoms with Gasteiger partial charge in [-0.2, -0.15) is 0 Å². The average molecular weight is 319 g/mol. The lowest BCUT2D eigenvalue weighted by molar-refractivity contribution is 0.0374. The van der Waals surface area contributed by atoms with Crippen LogP contribution >= 0.6 is 0 Å². The lowest BCUT2D eigenvalue weighted by Gasteiger charge is -2.26. The van der Waals surface area contributed by atoms with E-state index in [2.05, 4.69) is 20.3 Å². The molecule has 0 unspecified atom stereocenters. The third-order valence-corrected chi connectivity index (χ3v) is 3.78. The predicted octanol–water partition coefficient (Wildman–Crippen LogP) is 0.190. The second-order valence-electron chi connectivity index (χ2n) is 5.37. The Morgan fingerprint density at radius 1 is 1.39 bits per heavy atom. The van der Waals surface area contributed by atoms with Gasteiger partial charge in [-0.05, 0) is 19.0 Å². The monoisotopic (exact) mass is 319 g/mol. The van der Waals surface area contributed by atoms with Crippen LogP contribution in [0.2, 0.25) is 0 Å². The van der Waals surface area contributed by atoms with Crippen LogP contribution in [0.1, 0.15) is 16.9 Å². The van der Waals surface area contributed by atoms with Crippen LogP contribution < -0.4 is 10.1 Å². The molecular formula is C15H21N5O3. The van der Waals surface area contributed by atoms with Gasteiger partial charge in [-0.15, -0.1) is 5.10 Å². The Kier molecular flexibility index (Phi) is 5.04. The summed E-state index contributed by atoms with van der Waals surface area (Å²) in [5.41, 5.74) is 0.974. The molecule has 124 valence electrons. The van der Waals surface area contributed by atoms with Crippen molar-refractivity contribution in [2.24, 2.45) is 0 Å². The van der Waals surface area contributed by atoms with Crippen LogP contribution in [-0.4, -0.2) is 71.9 Å². The number of morpholine rings is 1. The van der Waals surface area contributed by atoms with E-state index in [0.717, 1.165) is 39.3 Å². The van der Waals surface area contributed by atoms with Crippen molar-refractivity contribution in [1.82, 2.24) is 24.8 Å². The number of imidazole rings is 1. The molecule has 1 N–H and O–H groups in total. The second-order valence-corrected chi connectivity index (χ2v) is 5.37. The molecule has 1 aliphatic heterocycles. The first kappa shape index (κ1) is 15.7. The Balaban J connectivity index is 1.49. The highest BCUT2D eigenvalue weighted by molar-refractivity contribution is 5.92. The third kappa shape index (κ3) is 3.96. The summed E-state index contributed by atoms with van der Waals surface area (Å²) in [6.07, 6.45) is 2.51. The zero-order valence-corrected chi connectivity index (χ0v) is 13.2. The molecule has 0 bridgehead atoms. The summed E-state index contributed by atoms with van der Waals surface area (Å²) in [5, 5.41) is 7.08. The lowest BCUT2D eigenvalue weighted by atomic mass is 10.3. The number of fused-ring (bicyclic) bond motifs is 1. The summed E-state index contributed by atoms with van der Waals surface area (Å²) >= 11 is 0. The van der Waals surface area contributed by atoms with Gasteiger partial charge >= 0.3 is 0 Å². The van der Waals surface area contributed by atoms with Crippen molar-refractivity contribution in [2.45, 2.75) is 6.42 Å². The summed E-state index contributed by atoms with van der Waals surface area (Å²) in [6.45, 7) is 5.12. The molecule has 23 heavy (non-hydrogen) atoms. The Morgan fingerprint density at radius 2 is 2.22 bits per heavy atom. The molecule has 1 amide bonds. The van der Waals surface area contributed by atoms with Crippen molar-refractivity contribution in [3.05, 3.63) is 24.0 Å². The van der Waals surface area contributed by atoms with E-state index in [1.54, 1.807) is 30.0 Å². The Bertz CT molecular complexity index is 666. The molecule has 0 saturated carbocycles. The van der Waals surface area contributed by atoms with Crippen LogP contribution in [0.15, 0.2) is 18.3 Å². The van der Waals surface area contributed by atoms with E-state index < -0.39 is 0 Å². The molecule has 0 aliphatic carbocycles. The maximum Gasteiger partial charge on any atom is 0.271 e. The Labute approximate surface area is 134 Å². The van der Waals surface area contributed by atoms with Gasteiger partial charge < -0.3 is 14.8 Å². The highest BCUT2D eigenvalue weighted by atomic mass is 16.5. The zero-order valence-electron chi connectivity index (χ0n) is 13.2. The maximum absolute atomic E-state index is 12.1. The molecule has 1 fully saturated rings. The first-order chi connectivity index (χ1) is 11.3. The third-order valence-electron chi connectivity index (χ3n) is 3.78. The molecular weight excluding hydrogens is 298 g/mol. The summed E-state index contributed by atoms with van der Waals surface area (Å²) in [4.78, 5) is 18.7. The number of amides is 1. The van der Waals surface area contributed by atoms with Gasteiger partial charge in [0.2, 0.25) is 5.88 Å². The fraction of sp³-hybridized carbons (Fsp3) is 0.533. The van der Waals surface area contributed by atoms with Crippen LogP contribution in [0.3, 0.4) is 0 Å². The molecule has 3 rings (SSSR count). The normalized spacial score (nSPS) is 15.7. The van der Waals surface area contributed by atoms with E-state index in [9.17, 15) is 4.79 Å². The van der Waals surface area contributed by atoms with Gasteiger partial charge in [0.15, 0.2) is 5.65 Å². The average Bonchev–Trinajstić information content (AvgIpc) is 3.02. The number of aromatic nitrogens is 3. The SMILES string of the molecule is COc1ccc2nc(C(=O)NCCCN3CCOCC3)cn2n1. The number of rotatable bonds is 6. The van der Waals surface area contributed by atoms with E-state index in [4.69, 9.17) is 9.47 Å². The van der Waals surface area contributed by atoms with Gasteiger partial charge in [0.25, 0.3) is 5.91 Å². The largest absolute Gasteiger partial charge is 0.480 e. The molecule has 0 atom stereocenters. The van der Waals surface area contributed by atoms with E-state index in [-0.39, 0.29) is 5.91 Å². The number of nitrogens with zero attached hydrogens (tertiary/aromatic N) is 4. The maximum atomic E-state index is 12.1. The van der Waals surface area contributed by atoms with Crippen molar-refractivity contribution in [2.75, 3.05) is 46.5 Å². The molecule has 0 spiro atoms. The number of hydrogen-bond acceptors (Lipinski definition) is 6. The minimum absolute atomic E-state index is 0.184. The van der Waals surface area contributed by atoms with Crippen molar-refractivity contribution < 1.29 is 14.3 Å². The molecule has 2 aromatic heterocycles. The van der Waals surface area contributed by atoms with E-state index in [0.29, 0.717) is 23.8 Å². The van der Waals surface area contributed by atoms with Gasteiger partial charge in [0.1, 0.15) is 5.69 Å².